The maximum absolute atomic E-state index is 12.8. The summed E-state index contributed by atoms with van der Waals surface area (Å²) in [6, 6.07) is 13.9. The van der Waals surface area contributed by atoms with Crippen molar-refractivity contribution in [3.05, 3.63) is 72.0 Å². The first-order valence-electron chi connectivity index (χ1n) is 6.45. The third-order valence-electron chi connectivity index (χ3n) is 3.18. The van der Waals surface area contributed by atoms with Gasteiger partial charge in [-0.05, 0) is 18.2 Å². The lowest BCUT2D eigenvalue weighted by Crippen LogP contribution is -2.12. The van der Waals surface area contributed by atoms with Crippen LogP contribution in [0.5, 0.6) is 0 Å². The molecule has 22 heavy (non-hydrogen) atoms. The van der Waals surface area contributed by atoms with E-state index in [1.165, 1.54) is 22.9 Å². The van der Waals surface area contributed by atoms with Crippen LogP contribution >= 0.6 is 0 Å². The molecule has 1 heterocycles. The van der Waals surface area contributed by atoms with Gasteiger partial charge in [-0.1, -0.05) is 36.4 Å². The van der Waals surface area contributed by atoms with Gasteiger partial charge in [0.15, 0.2) is 5.76 Å². The zero-order chi connectivity index (χ0) is 15.7. The van der Waals surface area contributed by atoms with Gasteiger partial charge in [-0.2, -0.15) is 13.2 Å². The van der Waals surface area contributed by atoms with Crippen molar-refractivity contribution in [1.82, 2.24) is 4.57 Å². The lowest BCUT2D eigenvalue weighted by Gasteiger charge is -2.08. The van der Waals surface area contributed by atoms with Gasteiger partial charge in [-0.3, -0.25) is 9.98 Å². The van der Waals surface area contributed by atoms with Crippen molar-refractivity contribution in [3.63, 3.8) is 0 Å². The molecule has 2 aromatic carbocycles. The van der Waals surface area contributed by atoms with E-state index in [4.69, 9.17) is 9.83 Å². The molecule has 0 saturated carbocycles. The molecule has 6 heteroatoms. The number of nitrogens with one attached hydrogen (secondary N) is 1. The number of nitrogens with zero attached hydrogens (tertiary/aromatic N) is 1. The number of aromatic nitrogens is 1. The molecule has 112 valence electrons. The summed E-state index contributed by atoms with van der Waals surface area (Å²) in [7, 11) is 0. The molecule has 0 saturated heterocycles. The SMILES string of the molecule is N=c1oc(-c2ccccc2)cn1-c1cccc(C(F)(F)F)c1. The van der Waals surface area contributed by atoms with Crippen LogP contribution in [0.4, 0.5) is 13.2 Å². The van der Waals surface area contributed by atoms with Crippen LogP contribution in [0.25, 0.3) is 17.0 Å². The first kappa shape index (κ1) is 14.2. The lowest BCUT2D eigenvalue weighted by molar-refractivity contribution is -0.137. The summed E-state index contributed by atoms with van der Waals surface area (Å²) in [5, 5.41) is 7.82. The van der Waals surface area contributed by atoms with Gasteiger partial charge < -0.3 is 4.42 Å². The van der Waals surface area contributed by atoms with Crippen LogP contribution in [0.1, 0.15) is 5.56 Å². The number of benzene rings is 2. The molecule has 3 aromatic rings. The fourth-order valence-electron chi connectivity index (χ4n) is 2.12. The Kier molecular flexibility index (Phi) is 3.36. The number of alkyl halides is 3. The van der Waals surface area contributed by atoms with Crippen LogP contribution in [-0.4, -0.2) is 4.57 Å². The Labute approximate surface area is 123 Å². The lowest BCUT2D eigenvalue weighted by atomic mass is 10.2. The Bertz CT molecular complexity index is 848. The largest absolute Gasteiger partial charge is 0.423 e. The van der Waals surface area contributed by atoms with Gasteiger partial charge in [-0.15, -0.1) is 0 Å². The van der Waals surface area contributed by atoms with E-state index in [-0.39, 0.29) is 11.4 Å². The Morgan fingerprint density at radius 2 is 1.68 bits per heavy atom. The maximum Gasteiger partial charge on any atom is 0.416 e. The van der Waals surface area contributed by atoms with Gasteiger partial charge in [0, 0.05) is 5.56 Å². The van der Waals surface area contributed by atoms with E-state index in [0.29, 0.717) is 5.76 Å². The number of hydrogen-bond donors (Lipinski definition) is 1. The summed E-state index contributed by atoms with van der Waals surface area (Å²) in [4.78, 5) is 0. The highest BCUT2D eigenvalue weighted by atomic mass is 19.4. The summed E-state index contributed by atoms with van der Waals surface area (Å²) < 4.78 is 44.9. The van der Waals surface area contributed by atoms with E-state index in [1.54, 1.807) is 12.1 Å². The van der Waals surface area contributed by atoms with Crippen molar-refractivity contribution in [2.75, 3.05) is 0 Å². The topological polar surface area (TPSA) is 41.9 Å². The molecular weight excluding hydrogens is 293 g/mol. The molecule has 0 aliphatic rings. The minimum Gasteiger partial charge on any atom is -0.423 e. The number of oxazole rings is 1. The Morgan fingerprint density at radius 1 is 0.955 bits per heavy atom. The highest BCUT2D eigenvalue weighted by Crippen LogP contribution is 2.30. The van der Waals surface area contributed by atoms with E-state index >= 15 is 0 Å². The molecular formula is C16H11F3N2O. The van der Waals surface area contributed by atoms with Crippen molar-refractivity contribution >= 4 is 0 Å². The highest BCUT2D eigenvalue weighted by Gasteiger charge is 2.30. The molecule has 0 amide bonds. The second-order valence-electron chi connectivity index (χ2n) is 4.68. The molecule has 0 aliphatic carbocycles. The second kappa shape index (κ2) is 5.22. The normalized spacial score (nSPS) is 11.6. The van der Waals surface area contributed by atoms with E-state index in [2.05, 4.69) is 0 Å². The van der Waals surface area contributed by atoms with Gasteiger partial charge in [-0.25, -0.2) is 0 Å². The molecule has 0 fully saturated rings. The van der Waals surface area contributed by atoms with Gasteiger partial charge >= 0.3 is 6.18 Å². The van der Waals surface area contributed by atoms with Gasteiger partial charge in [0.1, 0.15) is 0 Å². The van der Waals surface area contributed by atoms with Crippen molar-refractivity contribution in [2.24, 2.45) is 0 Å². The summed E-state index contributed by atoms with van der Waals surface area (Å²) in [5.74, 6) is 0.419. The standard InChI is InChI=1S/C16H11F3N2O/c17-16(18,19)12-7-4-8-13(9-12)21-10-14(22-15(21)20)11-5-2-1-3-6-11/h1-10,20H. The maximum atomic E-state index is 12.8. The first-order valence-corrected chi connectivity index (χ1v) is 6.45. The number of hydrogen-bond acceptors (Lipinski definition) is 2. The fraction of sp³-hybridized carbons (Fsp3) is 0.0625. The third kappa shape index (κ3) is 2.67. The Morgan fingerprint density at radius 3 is 2.36 bits per heavy atom. The van der Waals surface area contributed by atoms with Crippen LogP contribution in [-0.2, 0) is 6.18 Å². The summed E-state index contributed by atoms with van der Waals surface area (Å²) in [5.41, 5.74) is -0.0231. The zero-order valence-electron chi connectivity index (χ0n) is 11.3. The van der Waals surface area contributed by atoms with Crippen molar-refractivity contribution < 1.29 is 17.6 Å². The quantitative estimate of drug-likeness (QED) is 0.756. The fourth-order valence-corrected chi connectivity index (χ4v) is 2.12. The molecule has 0 aliphatic heterocycles. The predicted molar refractivity (Wildman–Crippen MR) is 74.3 cm³/mol. The molecule has 0 spiro atoms. The minimum atomic E-state index is -4.43. The molecule has 3 rings (SSSR count). The molecule has 3 nitrogen and oxygen atoms in total. The number of halogens is 3. The third-order valence-corrected chi connectivity index (χ3v) is 3.18. The average Bonchev–Trinajstić information content (AvgIpc) is 2.89. The Hall–Kier alpha value is -2.76. The smallest absolute Gasteiger partial charge is 0.416 e. The molecule has 0 bridgehead atoms. The van der Waals surface area contributed by atoms with Crippen molar-refractivity contribution in [2.45, 2.75) is 6.18 Å². The first-order chi connectivity index (χ1) is 10.4. The molecule has 1 aromatic heterocycles. The molecule has 0 atom stereocenters. The zero-order valence-corrected chi connectivity index (χ0v) is 11.3. The monoisotopic (exact) mass is 304 g/mol. The predicted octanol–water partition coefficient (Wildman–Crippen LogP) is 4.24. The van der Waals surface area contributed by atoms with E-state index in [9.17, 15) is 13.2 Å². The van der Waals surface area contributed by atoms with Gasteiger partial charge in [0.2, 0.25) is 0 Å². The average molecular weight is 304 g/mol. The molecule has 1 N–H and O–H groups in total. The van der Waals surface area contributed by atoms with E-state index < -0.39 is 11.7 Å². The molecule has 0 unspecified atom stereocenters. The number of rotatable bonds is 2. The second-order valence-corrected chi connectivity index (χ2v) is 4.68. The minimum absolute atomic E-state index is 0.228. The Balaban J connectivity index is 2.07. The summed E-state index contributed by atoms with van der Waals surface area (Å²) >= 11 is 0. The highest BCUT2D eigenvalue weighted by molar-refractivity contribution is 5.56. The molecule has 0 radical (unpaired) electrons. The van der Waals surface area contributed by atoms with Crippen LogP contribution in [0.2, 0.25) is 0 Å². The van der Waals surface area contributed by atoms with Crippen LogP contribution in [0.15, 0.2) is 65.2 Å². The summed E-state index contributed by atoms with van der Waals surface area (Å²) in [6.07, 6.45) is -2.92. The van der Waals surface area contributed by atoms with Crippen LogP contribution < -0.4 is 5.68 Å². The van der Waals surface area contributed by atoms with E-state index in [0.717, 1.165) is 17.7 Å². The van der Waals surface area contributed by atoms with Crippen molar-refractivity contribution in [3.8, 4) is 17.0 Å². The van der Waals surface area contributed by atoms with Gasteiger partial charge in [0.25, 0.3) is 5.68 Å². The summed E-state index contributed by atoms with van der Waals surface area (Å²) in [6.45, 7) is 0. The van der Waals surface area contributed by atoms with Crippen LogP contribution in [0.3, 0.4) is 0 Å². The van der Waals surface area contributed by atoms with Gasteiger partial charge in [0.05, 0.1) is 17.4 Å². The van der Waals surface area contributed by atoms with E-state index in [1.807, 2.05) is 18.2 Å². The van der Waals surface area contributed by atoms with Crippen LogP contribution in [0, 0.1) is 5.41 Å². The van der Waals surface area contributed by atoms with Crippen molar-refractivity contribution in [1.29, 1.82) is 5.41 Å².